The van der Waals surface area contributed by atoms with Crippen LogP contribution < -0.4 is 0 Å². The average molecular weight is 282 g/mol. The van der Waals surface area contributed by atoms with Crippen molar-refractivity contribution >= 4 is 18.1 Å². The van der Waals surface area contributed by atoms with Crippen LogP contribution in [0.1, 0.15) is 37.3 Å². The van der Waals surface area contributed by atoms with Gasteiger partial charge < -0.3 is 5.11 Å². The second-order valence-corrected chi connectivity index (χ2v) is 4.65. The largest absolute Gasteiger partial charge is 0.481 e. The highest BCUT2D eigenvalue weighted by Crippen LogP contribution is 2.06. The van der Waals surface area contributed by atoms with Crippen LogP contribution in [0.25, 0.3) is 12.2 Å². The first kappa shape index (κ1) is 16.7. The van der Waals surface area contributed by atoms with Gasteiger partial charge in [-0.05, 0) is 17.5 Å². The van der Waals surface area contributed by atoms with Gasteiger partial charge in [-0.1, -0.05) is 86.2 Å². The summed E-state index contributed by atoms with van der Waals surface area (Å²) < 4.78 is 0. The van der Waals surface area contributed by atoms with Gasteiger partial charge in [0, 0.05) is 6.42 Å². The Morgan fingerprint density at radius 3 is 1.62 bits per heavy atom. The van der Waals surface area contributed by atoms with E-state index in [1.54, 1.807) is 0 Å². The van der Waals surface area contributed by atoms with Crippen LogP contribution in [0.15, 0.2) is 60.7 Å². The second-order valence-electron chi connectivity index (χ2n) is 4.65. The van der Waals surface area contributed by atoms with E-state index in [9.17, 15) is 4.79 Å². The van der Waals surface area contributed by atoms with Crippen LogP contribution >= 0.6 is 0 Å². The highest BCUT2D eigenvalue weighted by molar-refractivity contribution is 5.69. The minimum Gasteiger partial charge on any atom is -0.481 e. The van der Waals surface area contributed by atoms with E-state index in [-0.39, 0.29) is 0 Å². The Hall–Kier alpha value is -2.35. The Kier molecular flexibility index (Phi) is 8.30. The summed E-state index contributed by atoms with van der Waals surface area (Å²) >= 11 is 0. The van der Waals surface area contributed by atoms with Crippen molar-refractivity contribution in [2.24, 2.45) is 0 Å². The Morgan fingerprint density at radius 1 is 0.905 bits per heavy atom. The van der Waals surface area contributed by atoms with E-state index in [0.717, 1.165) is 12.8 Å². The first-order valence-electron chi connectivity index (χ1n) is 7.22. The number of hydrogen-bond donors (Lipinski definition) is 1. The average Bonchev–Trinajstić information content (AvgIpc) is 2.53. The van der Waals surface area contributed by atoms with Crippen LogP contribution in [0.3, 0.4) is 0 Å². The molecule has 0 amide bonds. The van der Waals surface area contributed by atoms with E-state index in [4.69, 9.17) is 5.11 Å². The third-order valence-corrected chi connectivity index (χ3v) is 2.81. The van der Waals surface area contributed by atoms with Crippen molar-refractivity contribution in [1.29, 1.82) is 0 Å². The molecule has 0 spiro atoms. The molecular formula is C19H22O2. The summed E-state index contributed by atoms with van der Waals surface area (Å²) in [4.78, 5) is 9.76. The van der Waals surface area contributed by atoms with E-state index in [2.05, 4.69) is 36.4 Å². The lowest BCUT2D eigenvalue weighted by molar-refractivity contribution is -0.137. The first-order valence-corrected chi connectivity index (χ1v) is 7.22. The predicted octanol–water partition coefficient (Wildman–Crippen LogP) is 5.12. The molecule has 0 unspecified atom stereocenters. The third kappa shape index (κ3) is 8.43. The molecule has 0 aliphatic rings. The molecule has 2 rings (SSSR count). The van der Waals surface area contributed by atoms with E-state index in [1.165, 1.54) is 11.1 Å². The molecule has 21 heavy (non-hydrogen) atoms. The van der Waals surface area contributed by atoms with Gasteiger partial charge in [0.25, 0.3) is 0 Å². The molecule has 2 nitrogen and oxygen atoms in total. The number of benzene rings is 2. The summed E-state index contributed by atoms with van der Waals surface area (Å²) in [5, 5.41) is 8.04. The van der Waals surface area contributed by atoms with Gasteiger partial charge in [-0.15, -0.1) is 0 Å². The van der Waals surface area contributed by atoms with Gasteiger partial charge in [-0.3, -0.25) is 4.79 Å². The van der Waals surface area contributed by atoms with Crippen LogP contribution in [0.2, 0.25) is 0 Å². The maximum absolute atomic E-state index is 9.76. The van der Waals surface area contributed by atoms with Gasteiger partial charge in [0.1, 0.15) is 0 Å². The van der Waals surface area contributed by atoms with Gasteiger partial charge in [-0.2, -0.15) is 0 Å². The number of rotatable bonds is 5. The lowest BCUT2D eigenvalue weighted by Gasteiger charge is -1.92. The molecule has 0 atom stereocenters. The smallest absolute Gasteiger partial charge is 0.303 e. The first-order chi connectivity index (χ1) is 10.2. The Balaban J connectivity index is 0.000000270. The summed E-state index contributed by atoms with van der Waals surface area (Å²) in [6.07, 6.45) is 6.32. The molecule has 0 fully saturated rings. The fourth-order valence-corrected chi connectivity index (χ4v) is 1.65. The summed E-state index contributed by atoms with van der Waals surface area (Å²) in [5.74, 6) is -0.693. The van der Waals surface area contributed by atoms with Crippen LogP contribution in [-0.4, -0.2) is 11.1 Å². The highest BCUT2D eigenvalue weighted by atomic mass is 16.4. The Morgan fingerprint density at radius 2 is 1.33 bits per heavy atom. The van der Waals surface area contributed by atoms with E-state index in [0.29, 0.717) is 6.42 Å². The summed E-state index contributed by atoms with van der Waals surface area (Å²) in [5.41, 5.74) is 2.47. The molecule has 0 saturated heterocycles. The molecule has 2 aromatic carbocycles. The van der Waals surface area contributed by atoms with E-state index < -0.39 is 5.97 Å². The number of carboxylic acids is 1. The Labute approximate surface area is 126 Å². The molecule has 2 aromatic rings. The maximum atomic E-state index is 9.76. The van der Waals surface area contributed by atoms with Crippen LogP contribution in [0.5, 0.6) is 0 Å². The van der Waals surface area contributed by atoms with Crippen molar-refractivity contribution in [2.75, 3.05) is 0 Å². The van der Waals surface area contributed by atoms with Crippen LogP contribution in [-0.2, 0) is 4.79 Å². The molecule has 110 valence electrons. The zero-order valence-corrected chi connectivity index (χ0v) is 12.4. The molecule has 0 saturated carbocycles. The van der Waals surface area contributed by atoms with Crippen molar-refractivity contribution < 1.29 is 9.90 Å². The molecule has 2 heteroatoms. The fraction of sp³-hybridized carbons (Fsp3) is 0.211. The fourth-order valence-electron chi connectivity index (χ4n) is 1.65. The Bertz CT molecular complexity index is 489. The molecule has 0 radical (unpaired) electrons. The summed E-state index contributed by atoms with van der Waals surface area (Å²) in [6, 6.07) is 20.6. The lowest BCUT2D eigenvalue weighted by atomic mass is 10.1. The van der Waals surface area contributed by atoms with Crippen molar-refractivity contribution in [1.82, 2.24) is 0 Å². The van der Waals surface area contributed by atoms with Crippen LogP contribution in [0, 0.1) is 0 Å². The number of hydrogen-bond acceptors (Lipinski definition) is 1. The third-order valence-electron chi connectivity index (χ3n) is 2.81. The highest BCUT2D eigenvalue weighted by Gasteiger charge is 1.90. The minimum absolute atomic E-state index is 0.316. The van der Waals surface area contributed by atoms with Crippen molar-refractivity contribution in [3.8, 4) is 0 Å². The van der Waals surface area contributed by atoms with Gasteiger partial charge >= 0.3 is 5.97 Å². The maximum Gasteiger partial charge on any atom is 0.303 e. The molecule has 0 heterocycles. The lowest BCUT2D eigenvalue weighted by Crippen LogP contribution is -1.91. The van der Waals surface area contributed by atoms with Gasteiger partial charge in [0.05, 0.1) is 0 Å². The van der Waals surface area contributed by atoms with Gasteiger partial charge in [0.15, 0.2) is 0 Å². The number of carboxylic acid groups (broad SMARTS) is 1. The van der Waals surface area contributed by atoms with E-state index in [1.807, 2.05) is 43.3 Å². The predicted molar refractivity (Wildman–Crippen MR) is 89.0 cm³/mol. The summed E-state index contributed by atoms with van der Waals surface area (Å²) in [7, 11) is 0. The minimum atomic E-state index is -0.693. The SMILES string of the molecule is C(=C\c1ccccc1)/c1ccccc1.CCCCC(=O)O. The quantitative estimate of drug-likeness (QED) is 0.773. The monoisotopic (exact) mass is 282 g/mol. The normalized spacial score (nSPS) is 9.95. The van der Waals surface area contributed by atoms with Crippen molar-refractivity contribution in [3.63, 3.8) is 0 Å². The molecular weight excluding hydrogens is 260 g/mol. The molecule has 0 aliphatic heterocycles. The zero-order chi connectivity index (χ0) is 15.3. The molecule has 1 N–H and O–H groups in total. The molecule has 0 aromatic heterocycles. The second kappa shape index (κ2) is 10.4. The number of unbranched alkanes of at least 4 members (excludes halogenated alkanes) is 1. The van der Waals surface area contributed by atoms with E-state index >= 15 is 0 Å². The molecule has 0 aliphatic carbocycles. The van der Waals surface area contributed by atoms with Crippen molar-refractivity contribution in [3.05, 3.63) is 71.8 Å². The topological polar surface area (TPSA) is 37.3 Å². The van der Waals surface area contributed by atoms with Crippen molar-refractivity contribution in [2.45, 2.75) is 26.2 Å². The van der Waals surface area contributed by atoms with Gasteiger partial charge in [0.2, 0.25) is 0 Å². The molecule has 0 bridgehead atoms. The number of carbonyl (C=O) groups is 1. The zero-order valence-electron chi connectivity index (χ0n) is 12.4. The van der Waals surface area contributed by atoms with Gasteiger partial charge in [-0.25, -0.2) is 0 Å². The standard InChI is InChI=1S/C14H12.C5H10O2/c1-3-7-13(8-4-1)11-12-14-9-5-2-6-10-14;1-2-3-4-5(6)7/h1-12H;2-4H2,1H3,(H,6,7)/b12-11+;. The number of aliphatic carboxylic acids is 1. The summed E-state index contributed by atoms with van der Waals surface area (Å²) in [6.45, 7) is 1.98. The van der Waals surface area contributed by atoms with Crippen LogP contribution in [0.4, 0.5) is 0 Å².